The standard InChI is InChI=1S/C17H19FN4O3/c1-2-25-21-16(23)7-10-22(12-13-3-5-14(18)6-4-13)17(24)15-11-19-8-9-20-15/h3-6,8-9,11H,2,7,10,12H2,1H3,(H,21,23). The molecule has 0 spiro atoms. The van der Waals surface area contributed by atoms with Gasteiger partial charge in [0.05, 0.1) is 12.8 Å². The van der Waals surface area contributed by atoms with Gasteiger partial charge in [-0.05, 0) is 24.6 Å². The Morgan fingerprint density at radius 3 is 2.64 bits per heavy atom. The van der Waals surface area contributed by atoms with Crippen molar-refractivity contribution in [1.29, 1.82) is 0 Å². The van der Waals surface area contributed by atoms with E-state index in [2.05, 4.69) is 15.4 Å². The van der Waals surface area contributed by atoms with Crippen LogP contribution in [0.25, 0.3) is 0 Å². The summed E-state index contributed by atoms with van der Waals surface area (Å²) in [6.07, 6.45) is 4.31. The average Bonchev–Trinajstić information content (AvgIpc) is 2.65. The fraction of sp³-hybridized carbons (Fsp3) is 0.294. The first-order chi connectivity index (χ1) is 12.1. The molecule has 7 nitrogen and oxygen atoms in total. The van der Waals surface area contributed by atoms with E-state index >= 15 is 0 Å². The monoisotopic (exact) mass is 346 g/mol. The normalized spacial score (nSPS) is 10.3. The van der Waals surface area contributed by atoms with Crippen LogP contribution in [0, 0.1) is 5.82 Å². The van der Waals surface area contributed by atoms with Crippen LogP contribution in [0.4, 0.5) is 4.39 Å². The second kappa shape index (κ2) is 9.43. The maximum absolute atomic E-state index is 13.1. The number of nitrogens with zero attached hydrogens (tertiary/aromatic N) is 3. The lowest BCUT2D eigenvalue weighted by molar-refractivity contribution is -0.133. The zero-order valence-electron chi connectivity index (χ0n) is 13.8. The smallest absolute Gasteiger partial charge is 0.274 e. The van der Waals surface area contributed by atoms with Crippen LogP contribution in [0.3, 0.4) is 0 Å². The van der Waals surface area contributed by atoms with Crippen molar-refractivity contribution in [3.8, 4) is 0 Å². The van der Waals surface area contributed by atoms with Gasteiger partial charge in [-0.1, -0.05) is 12.1 Å². The minimum absolute atomic E-state index is 0.0627. The molecule has 1 aromatic heterocycles. The molecule has 0 aliphatic rings. The molecule has 1 N–H and O–H groups in total. The molecule has 2 aromatic rings. The van der Waals surface area contributed by atoms with Gasteiger partial charge in [0.2, 0.25) is 5.91 Å². The predicted molar refractivity (Wildman–Crippen MR) is 87.6 cm³/mol. The number of carbonyl (C=O) groups is 2. The van der Waals surface area contributed by atoms with Crippen LogP contribution in [-0.4, -0.2) is 39.8 Å². The summed E-state index contributed by atoms with van der Waals surface area (Å²) in [6.45, 7) is 2.48. The summed E-state index contributed by atoms with van der Waals surface area (Å²) < 4.78 is 13.1. The molecule has 0 atom stereocenters. The van der Waals surface area contributed by atoms with Crippen LogP contribution < -0.4 is 5.48 Å². The minimum Gasteiger partial charge on any atom is -0.332 e. The number of aromatic nitrogens is 2. The Morgan fingerprint density at radius 1 is 1.24 bits per heavy atom. The summed E-state index contributed by atoms with van der Waals surface area (Å²) in [5.41, 5.74) is 3.20. The lowest BCUT2D eigenvalue weighted by Crippen LogP contribution is -2.35. The molecule has 132 valence electrons. The van der Waals surface area contributed by atoms with Gasteiger partial charge in [-0.3, -0.25) is 19.4 Å². The number of amides is 2. The largest absolute Gasteiger partial charge is 0.332 e. The molecule has 25 heavy (non-hydrogen) atoms. The third-order valence-electron chi connectivity index (χ3n) is 3.30. The molecule has 0 radical (unpaired) electrons. The van der Waals surface area contributed by atoms with Crippen LogP contribution in [-0.2, 0) is 16.2 Å². The molecule has 0 saturated carbocycles. The fourth-order valence-corrected chi connectivity index (χ4v) is 2.07. The highest BCUT2D eigenvalue weighted by molar-refractivity contribution is 5.92. The van der Waals surface area contributed by atoms with E-state index < -0.39 is 0 Å². The number of carbonyl (C=O) groups excluding carboxylic acids is 2. The van der Waals surface area contributed by atoms with Crippen LogP contribution in [0.2, 0.25) is 0 Å². The Balaban J connectivity index is 2.08. The Morgan fingerprint density at radius 2 is 2.00 bits per heavy atom. The van der Waals surface area contributed by atoms with E-state index in [4.69, 9.17) is 4.84 Å². The van der Waals surface area contributed by atoms with Crippen LogP contribution in [0.15, 0.2) is 42.9 Å². The summed E-state index contributed by atoms with van der Waals surface area (Å²) in [5.74, 6) is -1.05. The number of nitrogens with one attached hydrogen (secondary N) is 1. The van der Waals surface area contributed by atoms with Crippen molar-refractivity contribution in [1.82, 2.24) is 20.3 Å². The second-order valence-electron chi connectivity index (χ2n) is 5.15. The van der Waals surface area contributed by atoms with Crippen molar-refractivity contribution in [2.75, 3.05) is 13.2 Å². The van der Waals surface area contributed by atoms with Gasteiger partial charge in [-0.2, -0.15) is 0 Å². The van der Waals surface area contributed by atoms with Crippen molar-refractivity contribution in [3.63, 3.8) is 0 Å². The summed E-state index contributed by atoms with van der Waals surface area (Å²) in [5, 5.41) is 0. The summed E-state index contributed by atoms with van der Waals surface area (Å²) in [6, 6.07) is 5.82. The first-order valence-corrected chi connectivity index (χ1v) is 7.80. The van der Waals surface area contributed by atoms with Gasteiger partial charge in [0.15, 0.2) is 0 Å². The molecule has 2 amide bonds. The van der Waals surface area contributed by atoms with E-state index in [1.54, 1.807) is 19.1 Å². The first-order valence-electron chi connectivity index (χ1n) is 7.80. The van der Waals surface area contributed by atoms with E-state index in [0.29, 0.717) is 6.61 Å². The highest BCUT2D eigenvalue weighted by atomic mass is 19.1. The zero-order chi connectivity index (χ0) is 18.1. The van der Waals surface area contributed by atoms with Gasteiger partial charge in [0.1, 0.15) is 11.5 Å². The number of benzene rings is 1. The molecule has 0 unspecified atom stereocenters. The quantitative estimate of drug-likeness (QED) is 0.736. The molecular formula is C17H19FN4O3. The van der Waals surface area contributed by atoms with E-state index in [1.165, 1.54) is 35.6 Å². The second-order valence-corrected chi connectivity index (χ2v) is 5.15. The van der Waals surface area contributed by atoms with E-state index in [0.717, 1.165) is 5.56 Å². The maximum atomic E-state index is 13.1. The fourth-order valence-electron chi connectivity index (χ4n) is 2.07. The minimum atomic E-state index is -0.360. The topological polar surface area (TPSA) is 84.4 Å². The number of halogens is 1. The summed E-state index contributed by atoms with van der Waals surface area (Å²) in [7, 11) is 0. The van der Waals surface area contributed by atoms with E-state index in [1.807, 2.05) is 0 Å². The molecule has 0 aliphatic heterocycles. The van der Waals surface area contributed by atoms with Crippen LogP contribution in [0.5, 0.6) is 0 Å². The van der Waals surface area contributed by atoms with Crippen molar-refractivity contribution < 1.29 is 18.8 Å². The Kier molecular flexibility index (Phi) is 6.97. The van der Waals surface area contributed by atoms with Crippen molar-refractivity contribution in [2.24, 2.45) is 0 Å². The highest BCUT2D eigenvalue weighted by Crippen LogP contribution is 2.10. The third kappa shape index (κ3) is 5.92. The van der Waals surface area contributed by atoms with Crippen molar-refractivity contribution >= 4 is 11.8 Å². The Labute approximate surface area is 144 Å². The van der Waals surface area contributed by atoms with Gasteiger partial charge in [0, 0.05) is 31.9 Å². The molecule has 8 heteroatoms. The summed E-state index contributed by atoms with van der Waals surface area (Å²) >= 11 is 0. The van der Waals surface area contributed by atoms with Crippen LogP contribution >= 0.6 is 0 Å². The molecule has 2 rings (SSSR count). The van der Waals surface area contributed by atoms with Gasteiger partial charge < -0.3 is 4.90 Å². The van der Waals surface area contributed by atoms with Gasteiger partial charge >= 0.3 is 0 Å². The lowest BCUT2D eigenvalue weighted by Gasteiger charge is -2.22. The van der Waals surface area contributed by atoms with Gasteiger partial charge in [0.25, 0.3) is 5.91 Å². The number of hydrogen-bond acceptors (Lipinski definition) is 5. The highest BCUT2D eigenvalue weighted by Gasteiger charge is 2.19. The first kappa shape index (κ1) is 18.5. The zero-order valence-corrected chi connectivity index (χ0v) is 13.8. The van der Waals surface area contributed by atoms with Gasteiger partial charge in [-0.25, -0.2) is 14.9 Å². The molecule has 1 heterocycles. The van der Waals surface area contributed by atoms with Crippen molar-refractivity contribution in [2.45, 2.75) is 19.9 Å². The molecule has 0 aliphatic carbocycles. The molecule has 0 fully saturated rings. The number of hydrogen-bond donors (Lipinski definition) is 1. The molecule has 1 aromatic carbocycles. The third-order valence-corrected chi connectivity index (χ3v) is 3.30. The number of rotatable bonds is 8. The van der Waals surface area contributed by atoms with Crippen molar-refractivity contribution in [3.05, 3.63) is 59.9 Å². The van der Waals surface area contributed by atoms with E-state index in [-0.39, 0.29) is 42.8 Å². The Hall–Kier alpha value is -2.87. The lowest BCUT2D eigenvalue weighted by atomic mass is 10.2. The maximum Gasteiger partial charge on any atom is 0.274 e. The SMILES string of the molecule is CCONC(=O)CCN(Cc1ccc(F)cc1)C(=O)c1cnccn1. The Bertz CT molecular complexity index is 695. The van der Waals surface area contributed by atoms with Crippen LogP contribution in [0.1, 0.15) is 29.4 Å². The molecular weight excluding hydrogens is 327 g/mol. The molecule has 0 saturated heterocycles. The average molecular weight is 346 g/mol. The molecule has 0 bridgehead atoms. The predicted octanol–water partition coefficient (Wildman–Crippen LogP) is 1.72. The number of hydroxylamine groups is 1. The summed E-state index contributed by atoms with van der Waals surface area (Å²) in [4.78, 5) is 38.5. The van der Waals surface area contributed by atoms with Gasteiger partial charge in [-0.15, -0.1) is 0 Å². The van der Waals surface area contributed by atoms with E-state index in [9.17, 15) is 14.0 Å².